The molecule has 0 aliphatic carbocycles. The number of carbonyl (C=O) groups is 2. The van der Waals surface area contributed by atoms with Crippen LogP contribution < -0.4 is 5.32 Å². The second-order valence-corrected chi connectivity index (χ2v) is 4.26. The van der Waals surface area contributed by atoms with Gasteiger partial charge in [-0.15, -0.1) is 0 Å². The summed E-state index contributed by atoms with van der Waals surface area (Å²) in [5.41, 5.74) is -1.13. The normalized spacial score (nSPS) is 16.5. The van der Waals surface area contributed by atoms with Gasteiger partial charge in [0.05, 0.1) is 0 Å². The number of rotatable bonds is 6. The number of amides is 1. The molecule has 0 heterocycles. The summed E-state index contributed by atoms with van der Waals surface area (Å²) >= 11 is 0. The van der Waals surface area contributed by atoms with Gasteiger partial charge in [0.25, 0.3) is 0 Å². The van der Waals surface area contributed by atoms with Gasteiger partial charge < -0.3 is 10.4 Å². The van der Waals surface area contributed by atoms with E-state index in [-0.39, 0.29) is 5.91 Å². The predicted octanol–water partition coefficient (Wildman–Crippen LogP) is 1.79. The van der Waals surface area contributed by atoms with Gasteiger partial charge in [-0.2, -0.15) is 0 Å². The first-order valence-corrected chi connectivity index (χ1v) is 5.40. The fourth-order valence-corrected chi connectivity index (χ4v) is 1.11. The minimum atomic E-state index is -1.13. The molecule has 0 saturated carbocycles. The lowest BCUT2D eigenvalue weighted by molar-refractivity contribution is -0.147. The summed E-state index contributed by atoms with van der Waals surface area (Å²) in [5, 5.41) is 11.5. The van der Waals surface area contributed by atoms with Crippen molar-refractivity contribution in [1.82, 2.24) is 5.32 Å². The molecule has 2 atom stereocenters. The van der Waals surface area contributed by atoms with Crippen molar-refractivity contribution in [2.45, 2.75) is 52.5 Å². The van der Waals surface area contributed by atoms with Crippen LogP contribution in [-0.4, -0.2) is 22.5 Å². The second-order valence-electron chi connectivity index (χ2n) is 4.26. The van der Waals surface area contributed by atoms with Crippen LogP contribution in [0.4, 0.5) is 0 Å². The van der Waals surface area contributed by atoms with Crippen LogP contribution in [0, 0.1) is 5.92 Å². The molecule has 4 heteroatoms. The van der Waals surface area contributed by atoms with E-state index < -0.39 is 11.5 Å². The number of hydrogen-bond donors (Lipinski definition) is 2. The van der Waals surface area contributed by atoms with Crippen LogP contribution in [0.3, 0.4) is 0 Å². The van der Waals surface area contributed by atoms with Crippen LogP contribution in [0.25, 0.3) is 0 Å². The topological polar surface area (TPSA) is 66.4 Å². The zero-order chi connectivity index (χ0) is 12.1. The molecule has 2 N–H and O–H groups in total. The van der Waals surface area contributed by atoms with Gasteiger partial charge in [-0.1, -0.05) is 27.2 Å². The molecular formula is C11H21NO3. The van der Waals surface area contributed by atoms with Gasteiger partial charge in [-0.25, -0.2) is 4.79 Å². The molecule has 1 amide bonds. The highest BCUT2D eigenvalue weighted by molar-refractivity contribution is 5.86. The molecule has 0 spiro atoms. The average molecular weight is 215 g/mol. The molecule has 0 radical (unpaired) electrons. The Morgan fingerprint density at radius 1 is 1.40 bits per heavy atom. The van der Waals surface area contributed by atoms with E-state index in [1.807, 2.05) is 13.8 Å². The summed E-state index contributed by atoms with van der Waals surface area (Å²) in [6.07, 6.45) is 1.69. The van der Waals surface area contributed by atoms with E-state index in [2.05, 4.69) is 5.32 Å². The Kier molecular flexibility index (Phi) is 5.33. The van der Waals surface area contributed by atoms with Crippen molar-refractivity contribution in [2.75, 3.05) is 0 Å². The first-order chi connectivity index (χ1) is 6.85. The Labute approximate surface area is 91.1 Å². The van der Waals surface area contributed by atoms with E-state index >= 15 is 0 Å². The van der Waals surface area contributed by atoms with Crippen LogP contribution in [0.5, 0.6) is 0 Å². The Bertz CT molecular complexity index is 240. The Morgan fingerprint density at radius 3 is 2.27 bits per heavy atom. The first kappa shape index (κ1) is 13.9. The first-order valence-electron chi connectivity index (χ1n) is 5.40. The number of carboxylic acid groups (broad SMARTS) is 1. The predicted molar refractivity (Wildman–Crippen MR) is 58.5 cm³/mol. The van der Waals surface area contributed by atoms with Crippen molar-refractivity contribution < 1.29 is 14.7 Å². The number of nitrogens with one attached hydrogen (secondary N) is 1. The molecule has 0 fully saturated rings. The molecule has 4 nitrogen and oxygen atoms in total. The minimum Gasteiger partial charge on any atom is -0.480 e. The molecule has 0 aromatic rings. The fraction of sp³-hybridized carbons (Fsp3) is 0.818. The summed E-state index contributed by atoms with van der Waals surface area (Å²) < 4.78 is 0. The minimum absolute atomic E-state index is 0.184. The van der Waals surface area contributed by atoms with Crippen molar-refractivity contribution in [2.24, 2.45) is 5.92 Å². The second kappa shape index (κ2) is 5.73. The molecule has 2 unspecified atom stereocenters. The van der Waals surface area contributed by atoms with Crippen LogP contribution in [0.1, 0.15) is 47.0 Å². The van der Waals surface area contributed by atoms with Gasteiger partial charge in [-0.3, -0.25) is 4.79 Å². The molecule has 0 aliphatic rings. The highest BCUT2D eigenvalue weighted by Gasteiger charge is 2.32. The molecule has 0 rings (SSSR count). The summed E-state index contributed by atoms with van der Waals surface area (Å²) in [5.74, 6) is -0.876. The third kappa shape index (κ3) is 4.32. The third-order valence-corrected chi connectivity index (χ3v) is 2.83. The highest BCUT2D eigenvalue weighted by atomic mass is 16.4. The molecule has 0 aromatic carbocycles. The largest absolute Gasteiger partial charge is 0.480 e. The van der Waals surface area contributed by atoms with E-state index in [0.717, 1.165) is 6.42 Å². The van der Waals surface area contributed by atoms with Gasteiger partial charge in [0, 0.05) is 6.42 Å². The molecule has 0 aromatic heterocycles. The number of hydrogen-bond acceptors (Lipinski definition) is 2. The standard InChI is InChI=1S/C11H21NO3/c1-5-8(3)7-9(13)12-11(4,6-2)10(14)15/h8H,5-7H2,1-4H3,(H,12,13)(H,14,15). The summed E-state index contributed by atoms with van der Waals surface area (Å²) in [7, 11) is 0. The third-order valence-electron chi connectivity index (χ3n) is 2.83. The quantitative estimate of drug-likeness (QED) is 0.710. The maximum atomic E-state index is 11.5. The lowest BCUT2D eigenvalue weighted by Crippen LogP contribution is -2.51. The number of carbonyl (C=O) groups excluding carboxylic acids is 1. The van der Waals surface area contributed by atoms with Gasteiger partial charge in [0.15, 0.2) is 0 Å². The zero-order valence-corrected chi connectivity index (χ0v) is 9.96. The molecule has 88 valence electrons. The van der Waals surface area contributed by atoms with Crippen molar-refractivity contribution in [1.29, 1.82) is 0 Å². The summed E-state index contributed by atoms with van der Waals surface area (Å²) in [6.45, 7) is 7.26. The summed E-state index contributed by atoms with van der Waals surface area (Å²) in [6, 6.07) is 0. The van der Waals surface area contributed by atoms with E-state index in [1.165, 1.54) is 6.92 Å². The van der Waals surface area contributed by atoms with E-state index in [0.29, 0.717) is 18.8 Å². The van der Waals surface area contributed by atoms with Crippen molar-refractivity contribution >= 4 is 11.9 Å². The van der Waals surface area contributed by atoms with E-state index in [4.69, 9.17) is 5.11 Å². The van der Waals surface area contributed by atoms with Gasteiger partial charge in [0.1, 0.15) is 5.54 Å². The maximum Gasteiger partial charge on any atom is 0.329 e. The van der Waals surface area contributed by atoms with Gasteiger partial charge in [0.2, 0.25) is 5.91 Å². The van der Waals surface area contributed by atoms with Gasteiger partial charge >= 0.3 is 5.97 Å². The average Bonchev–Trinajstić information content (AvgIpc) is 2.16. The Hall–Kier alpha value is -1.06. The van der Waals surface area contributed by atoms with Crippen LogP contribution in [0.15, 0.2) is 0 Å². The number of aliphatic carboxylic acids is 1. The van der Waals surface area contributed by atoms with Crippen LogP contribution >= 0.6 is 0 Å². The van der Waals surface area contributed by atoms with Crippen LogP contribution in [0.2, 0.25) is 0 Å². The van der Waals surface area contributed by atoms with E-state index in [1.54, 1.807) is 6.92 Å². The molecule has 15 heavy (non-hydrogen) atoms. The molecule has 0 saturated heterocycles. The summed E-state index contributed by atoms with van der Waals surface area (Å²) in [4.78, 5) is 22.4. The molecule has 0 aliphatic heterocycles. The van der Waals surface area contributed by atoms with Crippen LogP contribution in [-0.2, 0) is 9.59 Å². The van der Waals surface area contributed by atoms with Crippen molar-refractivity contribution in [3.05, 3.63) is 0 Å². The zero-order valence-electron chi connectivity index (χ0n) is 9.96. The fourth-order valence-electron chi connectivity index (χ4n) is 1.11. The molecular weight excluding hydrogens is 194 g/mol. The van der Waals surface area contributed by atoms with E-state index in [9.17, 15) is 9.59 Å². The van der Waals surface area contributed by atoms with Crippen molar-refractivity contribution in [3.63, 3.8) is 0 Å². The SMILES string of the molecule is CCC(C)CC(=O)NC(C)(CC)C(=O)O. The Morgan fingerprint density at radius 2 is 1.93 bits per heavy atom. The van der Waals surface area contributed by atoms with Gasteiger partial charge in [-0.05, 0) is 19.3 Å². The smallest absolute Gasteiger partial charge is 0.329 e. The number of carboxylic acids is 1. The maximum absolute atomic E-state index is 11.5. The monoisotopic (exact) mass is 215 g/mol. The van der Waals surface area contributed by atoms with Crippen molar-refractivity contribution in [3.8, 4) is 0 Å². The lowest BCUT2D eigenvalue weighted by atomic mass is 9.97. The lowest BCUT2D eigenvalue weighted by Gasteiger charge is -2.25. The molecule has 0 bridgehead atoms. The highest BCUT2D eigenvalue weighted by Crippen LogP contribution is 2.12. The Balaban J connectivity index is 4.31.